The van der Waals surface area contributed by atoms with E-state index in [0.717, 1.165) is 11.3 Å². The second-order valence-corrected chi connectivity index (χ2v) is 9.32. The first-order chi connectivity index (χ1) is 13.3. The molecule has 1 aromatic heterocycles. The standard InChI is InChI=1S/C19H23ClN4O3S/c1-3-13-7-14(20)5-6-18(13)19(25)23-16-8-15(9-21-10-16)22-17-11-24(12-17)28(26,27)4-2/h5-10,17,22H,3-4,11-12H2,1-2H3,(H,23,25). The predicted molar refractivity (Wildman–Crippen MR) is 111 cm³/mol. The first kappa shape index (κ1) is 20.6. The molecular weight excluding hydrogens is 400 g/mol. The Hall–Kier alpha value is -2.16. The monoisotopic (exact) mass is 422 g/mol. The fourth-order valence-electron chi connectivity index (χ4n) is 3.04. The maximum Gasteiger partial charge on any atom is 0.255 e. The van der Waals surface area contributed by atoms with Crippen LogP contribution in [-0.4, -0.2) is 48.5 Å². The molecule has 1 saturated heterocycles. The summed E-state index contributed by atoms with van der Waals surface area (Å²) in [7, 11) is -3.14. The van der Waals surface area contributed by atoms with Crippen molar-refractivity contribution < 1.29 is 13.2 Å². The molecule has 0 radical (unpaired) electrons. The van der Waals surface area contributed by atoms with Gasteiger partial charge in [-0.15, -0.1) is 0 Å². The molecule has 0 bridgehead atoms. The Morgan fingerprint density at radius 1 is 1.21 bits per heavy atom. The highest BCUT2D eigenvalue weighted by Crippen LogP contribution is 2.22. The molecular formula is C19H23ClN4O3S. The Balaban J connectivity index is 1.64. The summed E-state index contributed by atoms with van der Waals surface area (Å²) in [6.07, 6.45) is 3.91. The molecule has 0 unspecified atom stereocenters. The molecule has 0 atom stereocenters. The third kappa shape index (κ3) is 4.63. The molecule has 2 heterocycles. The largest absolute Gasteiger partial charge is 0.378 e. The number of nitrogens with one attached hydrogen (secondary N) is 2. The minimum Gasteiger partial charge on any atom is -0.378 e. The van der Waals surface area contributed by atoms with Crippen LogP contribution in [0.1, 0.15) is 29.8 Å². The first-order valence-corrected chi connectivity index (χ1v) is 11.1. The molecule has 7 nitrogen and oxygen atoms in total. The lowest BCUT2D eigenvalue weighted by Gasteiger charge is -2.38. The van der Waals surface area contributed by atoms with Crippen LogP contribution in [0.15, 0.2) is 36.7 Å². The highest BCUT2D eigenvalue weighted by Gasteiger charge is 2.34. The molecule has 1 fully saturated rings. The van der Waals surface area contributed by atoms with E-state index < -0.39 is 10.0 Å². The van der Waals surface area contributed by atoms with Gasteiger partial charge in [0.25, 0.3) is 5.91 Å². The number of benzene rings is 1. The summed E-state index contributed by atoms with van der Waals surface area (Å²) in [6, 6.07) is 7.00. The minimum absolute atomic E-state index is 0.0250. The van der Waals surface area contributed by atoms with Gasteiger partial charge in [0.15, 0.2) is 0 Å². The molecule has 1 aromatic carbocycles. The van der Waals surface area contributed by atoms with Crippen LogP contribution in [0, 0.1) is 0 Å². The lowest BCUT2D eigenvalue weighted by Crippen LogP contribution is -2.57. The second-order valence-electron chi connectivity index (χ2n) is 6.63. The number of rotatable bonds is 7. The van der Waals surface area contributed by atoms with E-state index in [1.165, 1.54) is 4.31 Å². The van der Waals surface area contributed by atoms with Crippen LogP contribution in [-0.2, 0) is 16.4 Å². The number of carbonyl (C=O) groups excluding carboxylic acids is 1. The predicted octanol–water partition coefficient (Wildman–Crippen LogP) is 3.00. The smallest absolute Gasteiger partial charge is 0.255 e. The van der Waals surface area contributed by atoms with E-state index in [9.17, 15) is 13.2 Å². The summed E-state index contributed by atoms with van der Waals surface area (Å²) in [5.74, 6) is -0.121. The third-order valence-electron chi connectivity index (χ3n) is 4.67. The van der Waals surface area contributed by atoms with E-state index in [0.29, 0.717) is 35.8 Å². The van der Waals surface area contributed by atoms with Gasteiger partial charge in [-0.25, -0.2) is 8.42 Å². The summed E-state index contributed by atoms with van der Waals surface area (Å²) in [5, 5.41) is 6.70. The van der Waals surface area contributed by atoms with Gasteiger partial charge >= 0.3 is 0 Å². The van der Waals surface area contributed by atoms with Crippen LogP contribution < -0.4 is 10.6 Å². The zero-order valence-corrected chi connectivity index (χ0v) is 17.3. The molecule has 3 rings (SSSR count). The maximum absolute atomic E-state index is 12.6. The van der Waals surface area contributed by atoms with Crippen molar-refractivity contribution in [3.05, 3.63) is 52.8 Å². The summed E-state index contributed by atoms with van der Waals surface area (Å²) < 4.78 is 25.0. The maximum atomic E-state index is 12.6. The van der Waals surface area contributed by atoms with Gasteiger partial charge in [-0.2, -0.15) is 4.31 Å². The average Bonchev–Trinajstić information content (AvgIpc) is 2.64. The SMILES string of the molecule is CCc1cc(Cl)ccc1C(=O)Nc1cncc(NC2CN(S(=O)(=O)CC)C2)c1. The molecule has 2 N–H and O–H groups in total. The normalized spacial score (nSPS) is 15.1. The number of sulfonamides is 1. The Kier molecular flexibility index (Phi) is 6.22. The van der Waals surface area contributed by atoms with Crippen molar-refractivity contribution in [2.45, 2.75) is 26.3 Å². The number of amides is 1. The topological polar surface area (TPSA) is 91.4 Å². The van der Waals surface area contributed by atoms with Crippen LogP contribution >= 0.6 is 11.6 Å². The van der Waals surface area contributed by atoms with Gasteiger partial charge < -0.3 is 10.6 Å². The number of hydrogen-bond donors (Lipinski definition) is 2. The summed E-state index contributed by atoms with van der Waals surface area (Å²) >= 11 is 6.01. The summed E-state index contributed by atoms with van der Waals surface area (Å²) in [6.45, 7) is 4.46. The van der Waals surface area contributed by atoms with Gasteiger partial charge in [0, 0.05) is 23.7 Å². The number of nitrogens with zero attached hydrogens (tertiary/aromatic N) is 2. The number of aromatic nitrogens is 1. The van der Waals surface area contributed by atoms with Crippen LogP contribution in [0.25, 0.3) is 0 Å². The van der Waals surface area contributed by atoms with E-state index >= 15 is 0 Å². The van der Waals surface area contributed by atoms with Gasteiger partial charge in [-0.05, 0) is 43.2 Å². The van der Waals surface area contributed by atoms with Gasteiger partial charge in [0.05, 0.1) is 35.6 Å². The number of anilines is 2. The molecule has 150 valence electrons. The summed E-state index contributed by atoms with van der Waals surface area (Å²) in [5.41, 5.74) is 2.73. The van der Waals surface area contributed by atoms with Gasteiger partial charge in [0.1, 0.15) is 0 Å². The Labute approximate surface area is 170 Å². The first-order valence-electron chi connectivity index (χ1n) is 9.11. The molecule has 2 aromatic rings. The van der Waals surface area contributed by atoms with E-state index in [4.69, 9.17) is 11.6 Å². The lowest BCUT2D eigenvalue weighted by atomic mass is 10.0. The zero-order chi connectivity index (χ0) is 20.3. The van der Waals surface area contributed by atoms with Crippen molar-refractivity contribution in [2.24, 2.45) is 0 Å². The molecule has 1 amide bonds. The fourth-order valence-corrected chi connectivity index (χ4v) is 4.41. The highest BCUT2D eigenvalue weighted by molar-refractivity contribution is 7.89. The van der Waals surface area contributed by atoms with E-state index in [1.807, 2.05) is 6.92 Å². The molecule has 0 spiro atoms. The second kappa shape index (κ2) is 8.46. The molecule has 28 heavy (non-hydrogen) atoms. The van der Waals surface area contributed by atoms with Gasteiger partial charge in [0.2, 0.25) is 10.0 Å². The third-order valence-corrected chi connectivity index (χ3v) is 6.72. The molecule has 0 saturated carbocycles. The van der Waals surface area contributed by atoms with Crippen molar-refractivity contribution in [3.8, 4) is 0 Å². The van der Waals surface area contributed by atoms with Crippen LogP contribution in [0.5, 0.6) is 0 Å². The Bertz CT molecular complexity index is 975. The molecule has 1 aliphatic rings. The number of aryl methyl sites for hydroxylation is 1. The quantitative estimate of drug-likeness (QED) is 0.715. The molecule has 1 aliphatic heterocycles. The van der Waals surface area contributed by atoms with E-state index in [1.54, 1.807) is 43.6 Å². The number of halogens is 1. The molecule has 0 aliphatic carbocycles. The molecule has 9 heteroatoms. The highest BCUT2D eigenvalue weighted by atomic mass is 35.5. The number of pyridine rings is 1. The zero-order valence-electron chi connectivity index (χ0n) is 15.8. The van der Waals surface area contributed by atoms with Crippen molar-refractivity contribution in [1.82, 2.24) is 9.29 Å². The Morgan fingerprint density at radius 2 is 1.93 bits per heavy atom. The minimum atomic E-state index is -3.14. The van der Waals surface area contributed by atoms with Gasteiger partial charge in [-0.1, -0.05) is 18.5 Å². The average molecular weight is 423 g/mol. The van der Waals surface area contributed by atoms with Crippen LogP contribution in [0.2, 0.25) is 5.02 Å². The van der Waals surface area contributed by atoms with Crippen molar-refractivity contribution in [2.75, 3.05) is 29.5 Å². The van der Waals surface area contributed by atoms with Gasteiger partial charge in [-0.3, -0.25) is 9.78 Å². The summed E-state index contributed by atoms with van der Waals surface area (Å²) in [4.78, 5) is 16.8. The van der Waals surface area contributed by atoms with Crippen molar-refractivity contribution in [3.63, 3.8) is 0 Å². The fraction of sp³-hybridized carbons (Fsp3) is 0.368. The number of carbonyl (C=O) groups is 1. The van der Waals surface area contributed by atoms with Crippen molar-refractivity contribution in [1.29, 1.82) is 0 Å². The Morgan fingerprint density at radius 3 is 2.61 bits per heavy atom. The van der Waals surface area contributed by atoms with Crippen molar-refractivity contribution >= 4 is 38.9 Å². The van der Waals surface area contributed by atoms with Crippen LogP contribution in [0.3, 0.4) is 0 Å². The number of hydrogen-bond acceptors (Lipinski definition) is 5. The van der Waals surface area contributed by atoms with Crippen LogP contribution in [0.4, 0.5) is 11.4 Å². The lowest BCUT2D eigenvalue weighted by molar-refractivity contribution is 0.102. The van der Waals surface area contributed by atoms with E-state index in [-0.39, 0.29) is 17.7 Å². The van der Waals surface area contributed by atoms with E-state index in [2.05, 4.69) is 15.6 Å².